The summed E-state index contributed by atoms with van der Waals surface area (Å²) < 4.78 is 5.79. The van der Waals surface area contributed by atoms with Crippen molar-refractivity contribution in [1.29, 1.82) is 0 Å². The highest BCUT2D eigenvalue weighted by Crippen LogP contribution is 2.16. The number of nitrogens with zero attached hydrogens (tertiary/aromatic N) is 1. The van der Waals surface area contributed by atoms with Gasteiger partial charge in [0.05, 0.1) is 0 Å². The second-order valence-corrected chi connectivity index (χ2v) is 5.17. The molecule has 2 aromatic rings. The van der Waals surface area contributed by atoms with Gasteiger partial charge in [0.1, 0.15) is 12.4 Å². The predicted octanol–water partition coefficient (Wildman–Crippen LogP) is 3.23. The Bertz CT molecular complexity index is 546. The second-order valence-electron chi connectivity index (χ2n) is 5.17. The van der Waals surface area contributed by atoms with E-state index < -0.39 is 0 Å². The van der Waals surface area contributed by atoms with Gasteiger partial charge in [0.25, 0.3) is 0 Å². The third-order valence-electron chi connectivity index (χ3n) is 3.62. The Labute approximate surface area is 119 Å². The van der Waals surface area contributed by atoms with Crippen molar-refractivity contribution in [2.75, 3.05) is 19.7 Å². The monoisotopic (exact) mass is 268 g/mol. The minimum absolute atomic E-state index is 0.710. The van der Waals surface area contributed by atoms with Gasteiger partial charge in [0.15, 0.2) is 0 Å². The highest BCUT2D eigenvalue weighted by Gasteiger charge is 2.12. The Morgan fingerprint density at radius 2 is 2.05 bits per heavy atom. The number of hydrogen-bond donors (Lipinski definition) is 1. The minimum atomic E-state index is 0.710. The molecule has 3 heteroatoms. The van der Waals surface area contributed by atoms with Crippen LogP contribution < -0.4 is 4.74 Å². The van der Waals surface area contributed by atoms with E-state index in [1.807, 2.05) is 36.5 Å². The molecular weight excluding hydrogens is 248 g/mol. The molecule has 0 amide bonds. The molecule has 104 valence electrons. The first-order valence-electron chi connectivity index (χ1n) is 7.10. The number of rotatable bonds is 5. The van der Waals surface area contributed by atoms with E-state index in [1.165, 1.54) is 11.1 Å². The summed E-state index contributed by atoms with van der Waals surface area (Å²) in [5.41, 5.74) is 2.75. The minimum Gasteiger partial charge on any atom is -0.489 e. The zero-order valence-corrected chi connectivity index (χ0v) is 11.6. The maximum atomic E-state index is 5.79. The largest absolute Gasteiger partial charge is 0.489 e. The lowest BCUT2D eigenvalue weighted by Crippen LogP contribution is -2.29. The standard InChI is InChI=1S/C17H20N2O/c1-2-4-17(5-3-1)20-14-15-7-10-19(11-8-15)13-16-6-9-18-12-16/h1-7,9,12,18H,8,10-11,13-14H2. The van der Waals surface area contributed by atoms with Crippen LogP contribution in [0.15, 0.2) is 60.4 Å². The van der Waals surface area contributed by atoms with E-state index in [4.69, 9.17) is 4.74 Å². The van der Waals surface area contributed by atoms with Gasteiger partial charge in [0.2, 0.25) is 0 Å². The fourth-order valence-electron chi connectivity index (χ4n) is 2.44. The van der Waals surface area contributed by atoms with Crippen molar-refractivity contribution in [3.63, 3.8) is 0 Å². The summed E-state index contributed by atoms with van der Waals surface area (Å²) in [6, 6.07) is 12.2. The molecule has 1 aliphatic heterocycles. The molecule has 0 atom stereocenters. The molecule has 0 saturated carbocycles. The van der Waals surface area contributed by atoms with Crippen molar-refractivity contribution in [2.45, 2.75) is 13.0 Å². The zero-order valence-electron chi connectivity index (χ0n) is 11.6. The fraction of sp³-hybridized carbons (Fsp3) is 0.294. The molecule has 20 heavy (non-hydrogen) atoms. The average Bonchev–Trinajstić information content (AvgIpc) is 3.01. The molecule has 3 nitrogen and oxygen atoms in total. The first-order valence-corrected chi connectivity index (χ1v) is 7.10. The highest BCUT2D eigenvalue weighted by atomic mass is 16.5. The first-order chi connectivity index (χ1) is 9.90. The van der Waals surface area contributed by atoms with E-state index in [-0.39, 0.29) is 0 Å². The van der Waals surface area contributed by atoms with Gasteiger partial charge in [-0.15, -0.1) is 0 Å². The number of H-pyrrole nitrogens is 1. The van der Waals surface area contributed by atoms with Gasteiger partial charge in [-0.1, -0.05) is 24.3 Å². The van der Waals surface area contributed by atoms with E-state index in [1.54, 1.807) is 0 Å². The van der Waals surface area contributed by atoms with Crippen LogP contribution >= 0.6 is 0 Å². The number of aromatic nitrogens is 1. The van der Waals surface area contributed by atoms with Crippen LogP contribution in [-0.2, 0) is 6.54 Å². The predicted molar refractivity (Wildman–Crippen MR) is 80.7 cm³/mol. The quantitative estimate of drug-likeness (QED) is 0.843. The summed E-state index contributed by atoms with van der Waals surface area (Å²) in [5.74, 6) is 0.947. The number of nitrogens with one attached hydrogen (secondary N) is 1. The highest BCUT2D eigenvalue weighted by molar-refractivity contribution is 5.22. The van der Waals surface area contributed by atoms with E-state index in [2.05, 4.69) is 28.2 Å². The second kappa shape index (κ2) is 6.44. The summed E-state index contributed by atoms with van der Waals surface area (Å²) in [7, 11) is 0. The summed E-state index contributed by atoms with van der Waals surface area (Å²) in [6.07, 6.45) is 7.45. The van der Waals surface area contributed by atoms with Crippen molar-refractivity contribution in [3.05, 3.63) is 66.0 Å². The van der Waals surface area contributed by atoms with Crippen molar-refractivity contribution in [1.82, 2.24) is 9.88 Å². The van der Waals surface area contributed by atoms with Gasteiger partial charge in [-0.05, 0) is 35.8 Å². The lowest BCUT2D eigenvalue weighted by Gasteiger charge is -2.26. The molecule has 1 aliphatic rings. The molecule has 1 aromatic carbocycles. The van der Waals surface area contributed by atoms with Crippen molar-refractivity contribution < 1.29 is 4.74 Å². The van der Waals surface area contributed by atoms with Crippen molar-refractivity contribution in [3.8, 4) is 5.75 Å². The first kappa shape index (κ1) is 13.0. The van der Waals surface area contributed by atoms with Crippen LogP contribution in [0.3, 0.4) is 0 Å². The molecule has 0 saturated heterocycles. The zero-order chi connectivity index (χ0) is 13.6. The van der Waals surface area contributed by atoms with Crippen molar-refractivity contribution in [2.24, 2.45) is 0 Å². The maximum absolute atomic E-state index is 5.79. The molecule has 2 heterocycles. The number of ether oxygens (including phenoxy) is 1. The lowest BCUT2D eigenvalue weighted by atomic mass is 10.1. The summed E-state index contributed by atoms with van der Waals surface area (Å²) >= 11 is 0. The Hall–Kier alpha value is -2.00. The van der Waals surface area contributed by atoms with E-state index >= 15 is 0 Å². The van der Waals surface area contributed by atoms with Crippen LogP contribution in [-0.4, -0.2) is 29.6 Å². The normalized spacial score (nSPS) is 15.9. The third kappa shape index (κ3) is 3.52. The van der Waals surface area contributed by atoms with Crippen LogP contribution in [0.1, 0.15) is 12.0 Å². The van der Waals surface area contributed by atoms with Gasteiger partial charge < -0.3 is 9.72 Å². The van der Waals surface area contributed by atoms with Gasteiger partial charge >= 0.3 is 0 Å². The molecule has 0 aliphatic carbocycles. The lowest BCUT2D eigenvalue weighted by molar-refractivity contribution is 0.270. The number of aromatic amines is 1. The molecular formula is C17H20N2O. The van der Waals surface area contributed by atoms with Crippen LogP contribution in [0.25, 0.3) is 0 Å². The Kier molecular flexibility index (Phi) is 4.19. The molecule has 1 aromatic heterocycles. The molecule has 3 rings (SSSR count). The van der Waals surface area contributed by atoms with Gasteiger partial charge in [-0.25, -0.2) is 0 Å². The third-order valence-corrected chi connectivity index (χ3v) is 3.62. The topological polar surface area (TPSA) is 28.3 Å². The van der Waals surface area contributed by atoms with Gasteiger partial charge in [0, 0.05) is 32.0 Å². The summed E-state index contributed by atoms with van der Waals surface area (Å²) in [6.45, 7) is 3.85. The van der Waals surface area contributed by atoms with Crippen molar-refractivity contribution >= 4 is 0 Å². The summed E-state index contributed by atoms with van der Waals surface area (Å²) in [4.78, 5) is 5.56. The fourth-order valence-corrected chi connectivity index (χ4v) is 2.44. The van der Waals surface area contributed by atoms with E-state index in [9.17, 15) is 0 Å². The molecule has 0 bridgehead atoms. The Morgan fingerprint density at radius 1 is 1.15 bits per heavy atom. The maximum Gasteiger partial charge on any atom is 0.119 e. The number of para-hydroxylation sites is 1. The summed E-state index contributed by atoms with van der Waals surface area (Å²) in [5, 5.41) is 0. The molecule has 1 N–H and O–H groups in total. The van der Waals surface area contributed by atoms with Crippen LogP contribution in [0.4, 0.5) is 0 Å². The van der Waals surface area contributed by atoms with Gasteiger partial charge in [-0.2, -0.15) is 0 Å². The smallest absolute Gasteiger partial charge is 0.119 e. The molecule has 0 radical (unpaired) electrons. The Balaban J connectivity index is 1.47. The van der Waals surface area contributed by atoms with E-state index in [0.29, 0.717) is 6.61 Å². The average molecular weight is 268 g/mol. The number of hydrogen-bond acceptors (Lipinski definition) is 2. The molecule has 0 unspecified atom stereocenters. The van der Waals surface area contributed by atoms with Crippen LogP contribution in [0.2, 0.25) is 0 Å². The van der Waals surface area contributed by atoms with Crippen LogP contribution in [0.5, 0.6) is 5.75 Å². The number of benzene rings is 1. The van der Waals surface area contributed by atoms with E-state index in [0.717, 1.165) is 31.8 Å². The van der Waals surface area contributed by atoms with Gasteiger partial charge in [-0.3, -0.25) is 4.90 Å². The Morgan fingerprint density at radius 3 is 2.75 bits per heavy atom. The molecule has 0 spiro atoms. The molecule has 0 fully saturated rings. The SMILES string of the molecule is C1=C(COc2ccccc2)CCN(Cc2cc[nH]c2)C1. The van der Waals surface area contributed by atoms with Crippen LogP contribution in [0, 0.1) is 0 Å².